The first kappa shape index (κ1) is 16.8. The van der Waals surface area contributed by atoms with Gasteiger partial charge in [0.2, 0.25) is 11.8 Å². The Hall–Kier alpha value is -4.31. The van der Waals surface area contributed by atoms with Crippen molar-refractivity contribution < 1.29 is 4.74 Å². The summed E-state index contributed by atoms with van der Waals surface area (Å²) in [4.78, 5) is 4.08. The lowest BCUT2D eigenvalue weighted by molar-refractivity contribution is 0.379. The fourth-order valence-corrected chi connectivity index (χ4v) is 3.65. The SMILES string of the molecule is N#CC1=C(N)Oc2[nH]nc(-c3ccccc3)c2C1c1ccc(-n2ccnc2)cc1. The first-order valence-corrected chi connectivity index (χ1v) is 9.06. The quantitative estimate of drug-likeness (QED) is 0.566. The number of nitrogens with two attached hydrogens (primary N) is 1. The number of ether oxygens (including phenoxy) is 1. The van der Waals surface area contributed by atoms with Crippen LogP contribution >= 0.6 is 0 Å². The predicted molar refractivity (Wildman–Crippen MR) is 107 cm³/mol. The number of hydrogen-bond donors (Lipinski definition) is 2. The van der Waals surface area contributed by atoms with Gasteiger partial charge < -0.3 is 15.0 Å². The smallest absolute Gasteiger partial charge is 0.222 e. The number of benzene rings is 2. The van der Waals surface area contributed by atoms with Crippen molar-refractivity contribution in [1.29, 1.82) is 5.26 Å². The molecule has 7 nitrogen and oxygen atoms in total. The highest BCUT2D eigenvalue weighted by Gasteiger charge is 2.35. The number of H-pyrrole nitrogens is 1. The lowest BCUT2D eigenvalue weighted by Crippen LogP contribution is -2.21. The minimum Gasteiger partial charge on any atom is -0.422 e. The average molecular weight is 380 g/mol. The fourth-order valence-electron chi connectivity index (χ4n) is 3.65. The molecule has 2 aromatic carbocycles. The van der Waals surface area contributed by atoms with Gasteiger partial charge in [-0.25, -0.2) is 10.1 Å². The zero-order valence-corrected chi connectivity index (χ0v) is 15.3. The molecule has 0 fully saturated rings. The molecule has 29 heavy (non-hydrogen) atoms. The maximum atomic E-state index is 9.81. The van der Waals surface area contributed by atoms with Crippen LogP contribution < -0.4 is 10.5 Å². The Kier molecular flexibility index (Phi) is 3.88. The zero-order chi connectivity index (χ0) is 19.8. The zero-order valence-electron chi connectivity index (χ0n) is 15.3. The Morgan fingerprint density at radius 1 is 1.10 bits per heavy atom. The molecule has 0 radical (unpaired) electrons. The van der Waals surface area contributed by atoms with Crippen LogP contribution in [0.25, 0.3) is 16.9 Å². The first-order valence-electron chi connectivity index (χ1n) is 9.06. The van der Waals surface area contributed by atoms with Gasteiger partial charge in [0.1, 0.15) is 17.3 Å². The summed E-state index contributed by atoms with van der Waals surface area (Å²) in [7, 11) is 0. The van der Waals surface area contributed by atoms with Gasteiger partial charge in [-0.2, -0.15) is 10.4 Å². The number of hydrogen-bond acceptors (Lipinski definition) is 5. The lowest BCUT2D eigenvalue weighted by atomic mass is 9.83. The molecule has 0 saturated heterocycles. The summed E-state index contributed by atoms with van der Waals surface area (Å²) in [5.41, 5.74) is 10.8. The molecule has 2 aromatic heterocycles. The molecule has 0 spiro atoms. The standard InChI is InChI=1S/C22H16N6O/c23-12-17-18(14-6-8-16(9-7-14)28-11-10-25-13-28)19-20(15-4-2-1-3-5-15)26-27-22(19)29-21(17)24/h1-11,13,18H,24H2,(H,26,27). The van der Waals surface area contributed by atoms with Gasteiger partial charge in [-0.1, -0.05) is 42.5 Å². The number of aromatic nitrogens is 4. The summed E-state index contributed by atoms with van der Waals surface area (Å²) in [6, 6.07) is 20.0. The molecule has 0 aliphatic carbocycles. The van der Waals surface area contributed by atoms with Crippen LogP contribution in [-0.4, -0.2) is 19.7 Å². The van der Waals surface area contributed by atoms with E-state index in [1.807, 2.05) is 65.4 Å². The Morgan fingerprint density at radius 2 is 1.90 bits per heavy atom. The van der Waals surface area contributed by atoms with Crippen LogP contribution in [-0.2, 0) is 0 Å². The molecule has 1 atom stereocenters. The fraction of sp³-hybridized carbons (Fsp3) is 0.0455. The van der Waals surface area contributed by atoms with Crippen molar-refractivity contribution >= 4 is 0 Å². The summed E-state index contributed by atoms with van der Waals surface area (Å²) < 4.78 is 7.59. The second-order valence-corrected chi connectivity index (χ2v) is 6.67. The average Bonchev–Trinajstić information content (AvgIpc) is 3.44. The number of nitrogens with zero attached hydrogens (tertiary/aromatic N) is 4. The number of rotatable bonds is 3. The molecule has 4 aromatic rings. The first-order chi connectivity index (χ1) is 14.3. The van der Waals surface area contributed by atoms with Crippen molar-refractivity contribution in [3.8, 4) is 28.9 Å². The van der Waals surface area contributed by atoms with E-state index >= 15 is 0 Å². The van der Waals surface area contributed by atoms with Crippen molar-refractivity contribution in [3.05, 3.63) is 95.9 Å². The van der Waals surface area contributed by atoms with Gasteiger partial charge in [0, 0.05) is 23.6 Å². The molecule has 1 aliphatic rings. The molecule has 3 heterocycles. The molecule has 1 unspecified atom stereocenters. The van der Waals surface area contributed by atoms with Gasteiger partial charge in [0.15, 0.2) is 0 Å². The second-order valence-electron chi connectivity index (χ2n) is 6.67. The number of fused-ring (bicyclic) bond motifs is 1. The van der Waals surface area contributed by atoms with Crippen molar-refractivity contribution in [1.82, 2.24) is 19.7 Å². The predicted octanol–water partition coefficient (Wildman–Crippen LogP) is 3.48. The molecule has 0 bridgehead atoms. The third-order valence-corrected chi connectivity index (χ3v) is 5.02. The molecular formula is C22H16N6O. The maximum Gasteiger partial charge on any atom is 0.222 e. The van der Waals surface area contributed by atoms with E-state index in [0.29, 0.717) is 11.5 Å². The maximum absolute atomic E-state index is 9.81. The van der Waals surface area contributed by atoms with Crippen molar-refractivity contribution in [2.24, 2.45) is 5.73 Å². The van der Waals surface area contributed by atoms with Crippen molar-refractivity contribution in [2.45, 2.75) is 5.92 Å². The Labute approximate surface area is 166 Å². The minimum absolute atomic E-state index is 0.0898. The van der Waals surface area contributed by atoms with Gasteiger partial charge in [-0.05, 0) is 17.7 Å². The highest BCUT2D eigenvalue weighted by molar-refractivity contribution is 5.70. The van der Waals surface area contributed by atoms with Gasteiger partial charge in [-0.3, -0.25) is 0 Å². The summed E-state index contributed by atoms with van der Waals surface area (Å²) >= 11 is 0. The van der Waals surface area contributed by atoms with E-state index in [1.54, 1.807) is 12.5 Å². The van der Waals surface area contributed by atoms with Crippen LogP contribution in [0.2, 0.25) is 0 Å². The van der Waals surface area contributed by atoms with E-state index in [0.717, 1.165) is 28.1 Å². The van der Waals surface area contributed by atoms with Crippen LogP contribution in [0.5, 0.6) is 5.88 Å². The lowest BCUT2D eigenvalue weighted by Gasteiger charge is -2.24. The summed E-state index contributed by atoms with van der Waals surface area (Å²) in [6.07, 6.45) is 5.35. The van der Waals surface area contributed by atoms with Crippen LogP contribution in [0.3, 0.4) is 0 Å². The van der Waals surface area contributed by atoms with E-state index in [-0.39, 0.29) is 11.8 Å². The van der Waals surface area contributed by atoms with Crippen molar-refractivity contribution in [2.75, 3.05) is 0 Å². The topological polar surface area (TPSA) is 106 Å². The summed E-state index contributed by atoms with van der Waals surface area (Å²) in [5.74, 6) is 0.172. The van der Waals surface area contributed by atoms with Gasteiger partial charge in [-0.15, -0.1) is 0 Å². The number of imidazole rings is 1. The highest BCUT2D eigenvalue weighted by Crippen LogP contribution is 2.45. The van der Waals surface area contributed by atoms with Crippen molar-refractivity contribution in [3.63, 3.8) is 0 Å². The summed E-state index contributed by atoms with van der Waals surface area (Å²) in [5, 5.41) is 17.2. The molecule has 140 valence electrons. The molecular weight excluding hydrogens is 364 g/mol. The minimum atomic E-state index is -0.380. The number of aromatic amines is 1. The molecule has 5 rings (SSSR count). The van der Waals surface area contributed by atoms with Crippen LogP contribution in [0.15, 0.2) is 84.8 Å². The van der Waals surface area contributed by atoms with E-state index in [4.69, 9.17) is 10.5 Å². The highest BCUT2D eigenvalue weighted by atomic mass is 16.5. The normalized spacial score (nSPS) is 15.5. The molecule has 1 aliphatic heterocycles. The Bertz CT molecular complexity index is 1230. The number of nitriles is 1. The van der Waals surface area contributed by atoms with Gasteiger partial charge in [0.05, 0.1) is 17.8 Å². The largest absolute Gasteiger partial charge is 0.422 e. The third-order valence-electron chi connectivity index (χ3n) is 5.02. The Balaban J connectivity index is 1.66. The number of allylic oxidation sites excluding steroid dienone is 1. The van der Waals surface area contributed by atoms with E-state index < -0.39 is 0 Å². The monoisotopic (exact) mass is 380 g/mol. The van der Waals surface area contributed by atoms with Crippen LogP contribution in [0, 0.1) is 11.3 Å². The molecule has 3 N–H and O–H groups in total. The van der Waals surface area contributed by atoms with Crippen LogP contribution in [0.1, 0.15) is 17.0 Å². The van der Waals surface area contributed by atoms with Gasteiger partial charge in [0.25, 0.3) is 0 Å². The summed E-state index contributed by atoms with van der Waals surface area (Å²) in [6.45, 7) is 0. The number of nitrogens with one attached hydrogen (secondary N) is 1. The van der Waals surface area contributed by atoms with E-state index in [1.165, 1.54) is 0 Å². The van der Waals surface area contributed by atoms with E-state index in [2.05, 4.69) is 21.3 Å². The Morgan fingerprint density at radius 3 is 2.59 bits per heavy atom. The third kappa shape index (κ3) is 2.75. The van der Waals surface area contributed by atoms with E-state index in [9.17, 15) is 5.26 Å². The molecule has 7 heteroatoms. The molecule has 0 saturated carbocycles. The molecule has 0 amide bonds. The second kappa shape index (κ2) is 6.69. The van der Waals surface area contributed by atoms with Gasteiger partial charge >= 0.3 is 0 Å². The van der Waals surface area contributed by atoms with Crippen LogP contribution in [0.4, 0.5) is 0 Å².